The number of allylic oxidation sites excluding steroid dienone is 3. The van der Waals surface area contributed by atoms with Gasteiger partial charge >= 0.3 is 0 Å². The summed E-state index contributed by atoms with van der Waals surface area (Å²) in [6, 6.07) is 0. The van der Waals surface area contributed by atoms with E-state index in [0.717, 1.165) is 6.08 Å². The molecular weight excluding hydrogens is 92.1 g/mol. The summed E-state index contributed by atoms with van der Waals surface area (Å²) in [6.45, 7) is 0. The number of aldehydes is 1. The van der Waals surface area contributed by atoms with Crippen LogP contribution in [0.15, 0.2) is 18.2 Å². The zero-order valence-electron chi connectivity index (χ0n) is 3.63. The molecule has 0 fully saturated rings. The molecular formula is C5H4O2. The van der Waals surface area contributed by atoms with Crippen LogP contribution in [0.5, 0.6) is 0 Å². The second-order valence-corrected chi connectivity index (χ2v) is 0.806. The lowest BCUT2D eigenvalue weighted by molar-refractivity contribution is -0.104. The van der Waals surface area contributed by atoms with Gasteiger partial charge in [0.15, 0.2) is 0 Å². The lowest BCUT2D eigenvalue weighted by Crippen LogP contribution is -1.54. The SMILES string of the molecule is O=C=C/C=C\C=O. The first kappa shape index (κ1) is 5.86. The minimum Gasteiger partial charge on any atom is -0.299 e. The minimum atomic E-state index is 0.591. The van der Waals surface area contributed by atoms with Gasteiger partial charge in [-0.1, -0.05) is 0 Å². The molecule has 0 aromatic rings. The Morgan fingerprint density at radius 2 is 2.00 bits per heavy atom. The number of hydrogen-bond acceptors (Lipinski definition) is 2. The van der Waals surface area contributed by atoms with Crippen molar-refractivity contribution in [2.75, 3.05) is 0 Å². The van der Waals surface area contributed by atoms with Gasteiger partial charge in [-0.05, 0) is 12.2 Å². The summed E-state index contributed by atoms with van der Waals surface area (Å²) in [5, 5.41) is 0. The molecule has 2 nitrogen and oxygen atoms in total. The molecule has 0 aliphatic carbocycles. The average Bonchev–Trinajstić information content (AvgIpc) is 1.69. The van der Waals surface area contributed by atoms with E-state index in [9.17, 15) is 9.59 Å². The predicted molar refractivity (Wildman–Crippen MR) is 25.5 cm³/mol. The molecule has 7 heavy (non-hydrogen) atoms. The van der Waals surface area contributed by atoms with Crippen molar-refractivity contribution < 1.29 is 9.59 Å². The van der Waals surface area contributed by atoms with Crippen LogP contribution in [-0.4, -0.2) is 12.2 Å². The van der Waals surface area contributed by atoms with E-state index in [2.05, 4.69) is 0 Å². The van der Waals surface area contributed by atoms with Gasteiger partial charge in [-0.3, -0.25) is 4.79 Å². The highest BCUT2D eigenvalue weighted by Crippen LogP contribution is 1.62. The van der Waals surface area contributed by atoms with Gasteiger partial charge < -0.3 is 0 Å². The van der Waals surface area contributed by atoms with Crippen molar-refractivity contribution in [1.29, 1.82) is 0 Å². The minimum absolute atomic E-state index is 0.591. The third kappa shape index (κ3) is 4.86. The van der Waals surface area contributed by atoms with Crippen molar-refractivity contribution in [1.82, 2.24) is 0 Å². The van der Waals surface area contributed by atoms with E-state index in [1.807, 2.05) is 0 Å². The molecule has 0 N–H and O–H groups in total. The summed E-state index contributed by atoms with van der Waals surface area (Å²) >= 11 is 0. The van der Waals surface area contributed by atoms with Crippen molar-refractivity contribution >= 4 is 12.2 Å². The van der Waals surface area contributed by atoms with Gasteiger partial charge in [0.05, 0.1) is 0 Å². The maximum Gasteiger partial charge on any atom is 0.142 e. The third-order valence-corrected chi connectivity index (χ3v) is 0.354. The summed E-state index contributed by atoms with van der Waals surface area (Å²) in [5.74, 6) is 1.48. The zero-order valence-corrected chi connectivity index (χ0v) is 3.63. The molecule has 0 aliphatic heterocycles. The van der Waals surface area contributed by atoms with Crippen molar-refractivity contribution in [3.05, 3.63) is 18.2 Å². The third-order valence-electron chi connectivity index (χ3n) is 0.354. The van der Waals surface area contributed by atoms with Crippen LogP contribution in [-0.2, 0) is 9.59 Å². The second-order valence-electron chi connectivity index (χ2n) is 0.806. The van der Waals surface area contributed by atoms with Gasteiger partial charge in [-0.25, -0.2) is 4.79 Å². The van der Waals surface area contributed by atoms with Gasteiger partial charge in [-0.2, -0.15) is 0 Å². The Balaban J connectivity index is 3.47. The molecule has 36 valence electrons. The molecule has 0 saturated carbocycles. The number of carbonyl (C=O) groups is 1. The summed E-state index contributed by atoms with van der Waals surface area (Å²) in [5.41, 5.74) is 0. The maximum atomic E-state index is 9.44. The quantitative estimate of drug-likeness (QED) is 0.212. The fourth-order valence-corrected chi connectivity index (χ4v) is 0.140. The molecule has 0 radical (unpaired) electrons. The summed E-state index contributed by atoms with van der Waals surface area (Å²) < 4.78 is 0. The maximum absolute atomic E-state index is 9.44. The molecule has 0 atom stereocenters. The first-order valence-corrected chi connectivity index (χ1v) is 1.73. The van der Waals surface area contributed by atoms with E-state index in [1.165, 1.54) is 18.1 Å². The monoisotopic (exact) mass is 96.0 g/mol. The van der Waals surface area contributed by atoms with Crippen LogP contribution in [0.3, 0.4) is 0 Å². The Bertz CT molecular complexity index is 118. The highest BCUT2D eigenvalue weighted by atomic mass is 16.1. The standard InChI is InChI=1S/C5H4O2/c6-4-2-1-3-5-7/h1-4H/b2-1-. The number of hydrogen-bond donors (Lipinski definition) is 0. The predicted octanol–water partition coefficient (Wildman–Crippen LogP) is 0.129. The molecule has 0 bridgehead atoms. The van der Waals surface area contributed by atoms with Crippen LogP contribution in [0.2, 0.25) is 0 Å². The highest BCUT2D eigenvalue weighted by molar-refractivity contribution is 5.66. The molecule has 2 heteroatoms. The first-order chi connectivity index (χ1) is 3.41. The molecule has 0 aromatic carbocycles. The summed E-state index contributed by atoms with van der Waals surface area (Å²) in [6.07, 6.45) is 4.24. The van der Waals surface area contributed by atoms with Crippen molar-refractivity contribution in [2.24, 2.45) is 0 Å². The summed E-state index contributed by atoms with van der Waals surface area (Å²) in [4.78, 5) is 18.8. The Hall–Kier alpha value is -1.14. The van der Waals surface area contributed by atoms with Gasteiger partial charge in [0.25, 0.3) is 0 Å². The van der Waals surface area contributed by atoms with Crippen molar-refractivity contribution in [3.8, 4) is 0 Å². The molecule has 0 unspecified atom stereocenters. The van der Waals surface area contributed by atoms with E-state index in [4.69, 9.17) is 0 Å². The van der Waals surface area contributed by atoms with E-state index in [0.29, 0.717) is 6.29 Å². The Morgan fingerprint density at radius 3 is 2.43 bits per heavy atom. The number of carbonyl (C=O) groups excluding carboxylic acids is 2. The van der Waals surface area contributed by atoms with Crippen LogP contribution in [0, 0.1) is 0 Å². The van der Waals surface area contributed by atoms with Gasteiger partial charge in [0, 0.05) is 6.08 Å². The fraction of sp³-hybridized carbons (Fsp3) is 0. The van der Waals surface area contributed by atoms with Gasteiger partial charge in [0.2, 0.25) is 0 Å². The lowest BCUT2D eigenvalue weighted by atomic mass is 10.5. The molecule has 0 amide bonds. The molecule has 0 rings (SSSR count). The number of rotatable bonds is 2. The van der Waals surface area contributed by atoms with E-state index in [1.54, 1.807) is 0 Å². The van der Waals surface area contributed by atoms with Crippen LogP contribution >= 0.6 is 0 Å². The van der Waals surface area contributed by atoms with Gasteiger partial charge in [-0.15, -0.1) is 0 Å². The first-order valence-electron chi connectivity index (χ1n) is 1.73. The largest absolute Gasteiger partial charge is 0.299 e. The molecule has 0 aromatic heterocycles. The van der Waals surface area contributed by atoms with E-state index in [-0.39, 0.29) is 0 Å². The average molecular weight is 96.1 g/mol. The second kappa shape index (κ2) is 4.86. The van der Waals surface area contributed by atoms with Crippen LogP contribution in [0.4, 0.5) is 0 Å². The van der Waals surface area contributed by atoms with E-state index >= 15 is 0 Å². The Morgan fingerprint density at radius 1 is 1.29 bits per heavy atom. The normalized spacial score (nSPS) is 8.00. The van der Waals surface area contributed by atoms with Crippen LogP contribution < -0.4 is 0 Å². The molecule has 0 spiro atoms. The Kier molecular flexibility index (Phi) is 4.07. The van der Waals surface area contributed by atoms with Crippen molar-refractivity contribution in [2.45, 2.75) is 0 Å². The Labute approximate surface area is 41.1 Å². The smallest absolute Gasteiger partial charge is 0.142 e. The summed E-state index contributed by atoms with van der Waals surface area (Å²) in [7, 11) is 0. The highest BCUT2D eigenvalue weighted by Gasteiger charge is 1.56. The van der Waals surface area contributed by atoms with E-state index < -0.39 is 0 Å². The van der Waals surface area contributed by atoms with Crippen LogP contribution in [0.1, 0.15) is 0 Å². The zero-order chi connectivity index (χ0) is 5.54. The molecule has 0 heterocycles. The topological polar surface area (TPSA) is 34.1 Å². The van der Waals surface area contributed by atoms with Crippen LogP contribution in [0.25, 0.3) is 0 Å². The lowest BCUT2D eigenvalue weighted by Gasteiger charge is -1.55. The van der Waals surface area contributed by atoms with Gasteiger partial charge in [0.1, 0.15) is 12.2 Å². The van der Waals surface area contributed by atoms with Crippen molar-refractivity contribution in [3.63, 3.8) is 0 Å². The molecule has 0 aliphatic rings. The molecule has 0 saturated heterocycles. The fourth-order valence-electron chi connectivity index (χ4n) is 0.140.